The molecule has 1 aromatic heterocycles. The topological polar surface area (TPSA) is 338 Å². The van der Waals surface area contributed by atoms with Crippen LogP contribution in [-0.4, -0.2) is 175 Å². The molecule has 2 bridgehead atoms. The lowest BCUT2D eigenvalue weighted by atomic mass is 9.44. The molecule has 0 spiro atoms. The third kappa shape index (κ3) is 14.0. The zero-order chi connectivity index (χ0) is 67.4. The molecule has 93 heavy (non-hydrogen) atoms. The number of hydrogen-bond acceptors (Lipinski definition) is 24. The highest BCUT2D eigenvalue weighted by Gasteiger charge is 2.78. The number of aromatic nitrogens is 2. The minimum atomic E-state index is -3.92. The van der Waals surface area contributed by atoms with E-state index in [1.54, 1.807) is 66.7 Å². The molecule has 2 saturated carbocycles. The number of aliphatic hydroxyl groups is 4. The quantitative estimate of drug-likeness (QED) is 0.0201. The molecule has 28 heteroatoms. The number of hydrogen-bond donors (Lipinski definition) is 5. The maximum absolute atomic E-state index is 15.9. The molecule has 3 aromatic carbocycles. The number of esters is 6. The van der Waals surface area contributed by atoms with Crippen LogP contribution in [0.4, 0.5) is 8.78 Å². The van der Waals surface area contributed by atoms with Gasteiger partial charge in [0.1, 0.15) is 42.7 Å². The molecule has 2 aliphatic heterocycles. The van der Waals surface area contributed by atoms with Crippen molar-refractivity contribution in [2.24, 2.45) is 16.7 Å². The molecule has 2 saturated heterocycles. The summed E-state index contributed by atoms with van der Waals surface area (Å²) in [7, 11) is 2.74. The molecular weight excluding hydrogens is 1260 g/mol. The van der Waals surface area contributed by atoms with E-state index in [9.17, 15) is 62.8 Å². The second-order valence-corrected chi connectivity index (χ2v) is 27.0. The van der Waals surface area contributed by atoms with E-state index >= 15 is 9.59 Å². The minimum Gasteiger partial charge on any atom is -0.464 e. The van der Waals surface area contributed by atoms with Gasteiger partial charge in [0.05, 0.1) is 48.3 Å². The van der Waals surface area contributed by atoms with Crippen molar-refractivity contribution in [2.45, 2.75) is 158 Å². The van der Waals surface area contributed by atoms with Crippen LogP contribution in [0.3, 0.4) is 0 Å². The normalized spacial score (nSPS) is 28.9. The van der Waals surface area contributed by atoms with Gasteiger partial charge in [-0.3, -0.25) is 33.3 Å². The molecular formula is C65H73F2N3O21S2. The van der Waals surface area contributed by atoms with Gasteiger partial charge in [-0.05, 0) is 73.7 Å². The van der Waals surface area contributed by atoms with E-state index in [-0.39, 0.29) is 60.4 Å². The van der Waals surface area contributed by atoms with Crippen LogP contribution in [0.5, 0.6) is 0 Å². The van der Waals surface area contributed by atoms with Gasteiger partial charge in [-0.1, -0.05) is 102 Å². The van der Waals surface area contributed by atoms with E-state index in [0.29, 0.717) is 28.1 Å². The number of nitrogens with one attached hydrogen (secondary N) is 1. The van der Waals surface area contributed by atoms with E-state index in [4.69, 9.17) is 37.9 Å². The van der Waals surface area contributed by atoms with Crippen LogP contribution in [0.2, 0.25) is 0 Å². The molecule has 24 nitrogen and oxygen atoms in total. The highest BCUT2D eigenvalue weighted by atomic mass is 33.1. The van der Waals surface area contributed by atoms with Crippen molar-refractivity contribution in [1.82, 2.24) is 14.9 Å². The van der Waals surface area contributed by atoms with Crippen molar-refractivity contribution in [3.05, 3.63) is 147 Å². The molecule has 0 radical (unpaired) electrons. The number of halogens is 2. The number of aliphatic hydroxyl groups excluding tert-OH is 3. The van der Waals surface area contributed by atoms with Crippen LogP contribution in [0.15, 0.2) is 119 Å². The minimum absolute atomic E-state index is 0.0130. The fraction of sp³-hybridized carbons (Fsp3) is 0.508. The smallest absolute Gasteiger partial charge is 0.350 e. The highest BCUT2D eigenvalue weighted by molar-refractivity contribution is 8.76. The Balaban J connectivity index is 0.945. The van der Waals surface area contributed by atoms with Gasteiger partial charge in [-0.25, -0.2) is 14.4 Å². The van der Waals surface area contributed by atoms with Gasteiger partial charge in [0, 0.05) is 61.8 Å². The third-order valence-electron chi connectivity index (χ3n) is 18.1. The van der Waals surface area contributed by atoms with E-state index in [0.717, 1.165) is 26.1 Å². The number of benzene rings is 3. The lowest BCUT2D eigenvalue weighted by molar-refractivity contribution is -0.346. The Labute approximate surface area is 540 Å². The second kappa shape index (κ2) is 28.6. The third-order valence-corrected chi connectivity index (χ3v) is 20.6. The number of nitrogens with zero attached hydrogens (tertiary/aromatic N) is 2. The first-order chi connectivity index (χ1) is 44.1. The molecule has 500 valence electrons. The SMILES string of the molecule is CC(=O)O[C@H]1C(=O)[C@@]2(C)[C@H]([C@H](OC(=O)c3ccccc3)[C@]3(O)C[C@H](OC(=O)C(OC(=O)CCCCSSCCOC(=O)Cc4ccn(C5OC(CO)C(O)C5(F)F)c(=O)n4)[C@@H](NC(=O)c4ccccc4)c4ccccc4)C(C)=C1C3(C)C)[C@]1(OC(C)=O)CO[C@@H]1C[C@@H]2O. The number of carbonyl (C=O) groups excluding carboxylic acids is 8. The summed E-state index contributed by atoms with van der Waals surface area (Å²) in [6.45, 7) is 6.74. The first-order valence-electron chi connectivity index (χ1n) is 30.1. The number of rotatable bonds is 24. The van der Waals surface area contributed by atoms with Gasteiger partial charge in [-0.15, -0.1) is 0 Å². The molecule has 1 amide bonds. The monoisotopic (exact) mass is 1330 g/mol. The number of Topliss-reactive ketones (excluding diaryl/α,β-unsaturated/α-hetero) is 1. The fourth-order valence-corrected chi connectivity index (χ4v) is 15.2. The average Bonchev–Trinajstić information content (AvgIpc) is 1.02. The van der Waals surface area contributed by atoms with Gasteiger partial charge in [0.2, 0.25) is 12.3 Å². The van der Waals surface area contributed by atoms with Crippen molar-refractivity contribution < 1.29 is 105 Å². The van der Waals surface area contributed by atoms with E-state index < -0.39 is 168 Å². The Morgan fingerprint density at radius 3 is 2.08 bits per heavy atom. The van der Waals surface area contributed by atoms with E-state index in [2.05, 4.69) is 10.3 Å². The molecule has 5 aliphatic rings. The van der Waals surface area contributed by atoms with E-state index in [1.807, 2.05) is 0 Å². The Morgan fingerprint density at radius 2 is 1.47 bits per heavy atom. The number of amides is 1. The molecule has 14 atom stereocenters. The van der Waals surface area contributed by atoms with Crippen molar-refractivity contribution in [1.29, 1.82) is 0 Å². The average molecular weight is 1330 g/mol. The summed E-state index contributed by atoms with van der Waals surface area (Å²) in [5, 5.41) is 48.3. The van der Waals surface area contributed by atoms with Gasteiger partial charge in [-0.2, -0.15) is 13.8 Å². The zero-order valence-electron chi connectivity index (χ0n) is 51.6. The van der Waals surface area contributed by atoms with Crippen molar-refractivity contribution in [3.8, 4) is 0 Å². The van der Waals surface area contributed by atoms with Crippen molar-refractivity contribution in [3.63, 3.8) is 0 Å². The van der Waals surface area contributed by atoms with Gasteiger partial charge in [0.25, 0.3) is 5.91 Å². The summed E-state index contributed by atoms with van der Waals surface area (Å²) in [6, 6.07) is 23.5. The predicted molar refractivity (Wildman–Crippen MR) is 325 cm³/mol. The number of fused-ring (bicyclic) bond motifs is 5. The van der Waals surface area contributed by atoms with Crippen LogP contribution in [-0.2, 0) is 73.1 Å². The molecule has 9 rings (SSSR count). The molecule has 4 unspecified atom stereocenters. The summed E-state index contributed by atoms with van der Waals surface area (Å²) in [5.74, 6) is -12.0. The molecule has 5 N–H and O–H groups in total. The number of ketones is 1. The maximum atomic E-state index is 15.9. The van der Waals surface area contributed by atoms with Crippen LogP contribution in [0, 0.1) is 16.7 Å². The van der Waals surface area contributed by atoms with Gasteiger partial charge < -0.3 is 63.6 Å². The summed E-state index contributed by atoms with van der Waals surface area (Å²) in [6.07, 6.45) is -16.5. The van der Waals surface area contributed by atoms with Crippen LogP contribution >= 0.6 is 21.6 Å². The Morgan fingerprint density at radius 1 is 0.828 bits per heavy atom. The Bertz CT molecular complexity index is 3550. The fourth-order valence-electron chi connectivity index (χ4n) is 13.3. The molecule has 4 fully saturated rings. The Kier molecular flexibility index (Phi) is 21.5. The number of ether oxygens (including phenoxy) is 8. The summed E-state index contributed by atoms with van der Waals surface area (Å²) >= 11 is 0. The zero-order valence-corrected chi connectivity index (χ0v) is 53.3. The standard InChI is InChI=1S/C65H73F2N3O21S2/c1-35-42(32-64(83)55(90-57(80)40-22-14-9-15-23-40)52-62(6,44(74)31-45-63(52,34-85-45)91-37(3)73)54(78)50(86-36(2)72)48(35)61(64,4)5)87-58(81)51(49(38-18-10-7-11-19-38)69-56(79)39-20-12-8-13-21-39)89-46(75)24-16-17-28-92-93-29-27-84-47(76)30-41-25-26-70(60(82)68-41)59-65(66,67)53(77)43(33-71)88-59/h7-15,18-23,25-26,42-45,49-53,55,59,71,74,77,83H,16-17,24,27-34H2,1-6H3,(H,69,79)/t42-,43?,44-,45+,49-,50+,51?,52-,53?,55-,59?,62+,63-,64+/m0/s1. The Hall–Kier alpha value is -7.44. The van der Waals surface area contributed by atoms with E-state index in [1.165, 1.54) is 73.5 Å². The number of alkyl halides is 2. The largest absolute Gasteiger partial charge is 0.464 e. The first kappa shape index (κ1) is 69.9. The first-order valence-corrected chi connectivity index (χ1v) is 32.6. The maximum Gasteiger partial charge on any atom is 0.350 e. The van der Waals surface area contributed by atoms with Gasteiger partial charge in [0.15, 0.2) is 23.6 Å². The highest BCUT2D eigenvalue weighted by Crippen LogP contribution is 2.64. The molecule has 4 aromatic rings. The summed E-state index contributed by atoms with van der Waals surface area (Å²) < 4.78 is 77.1. The summed E-state index contributed by atoms with van der Waals surface area (Å²) in [4.78, 5) is 130. The lowest BCUT2D eigenvalue weighted by Crippen LogP contribution is -2.82. The van der Waals surface area contributed by atoms with Crippen molar-refractivity contribution in [2.75, 3.05) is 31.3 Å². The summed E-state index contributed by atoms with van der Waals surface area (Å²) in [5.41, 5.74) is -9.07. The number of unbranched alkanes of at least 4 members (excludes halogenated alkanes) is 1. The number of carbonyl (C=O) groups is 8. The van der Waals surface area contributed by atoms with Crippen molar-refractivity contribution >= 4 is 69.1 Å². The van der Waals surface area contributed by atoms with Gasteiger partial charge >= 0.3 is 47.4 Å². The van der Waals surface area contributed by atoms with Crippen LogP contribution < -0.4 is 11.0 Å². The molecule has 3 aliphatic carbocycles. The lowest BCUT2D eigenvalue weighted by Gasteiger charge is -2.67. The van der Waals surface area contributed by atoms with Crippen LogP contribution in [0.1, 0.15) is 118 Å². The molecule has 3 heterocycles. The second-order valence-electron chi connectivity index (χ2n) is 24.3. The predicted octanol–water partition coefficient (Wildman–Crippen LogP) is 5.07. The van der Waals surface area contributed by atoms with Crippen LogP contribution in [0.25, 0.3) is 0 Å².